The highest BCUT2D eigenvalue weighted by molar-refractivity contribution is 7.79. The highest BCUT2D eigenvalue weighted by atomic mass is 31.2. The summed E-state index contributed by atoms with van der Waals surface area (Å²) >= 11 is 0. The van der Waals surface area contributed by atoms with Crippen LogP contribution < -0.4 is 10.6 Å². The van der Waals surface area contributed by atoms with Crippen molar-refractivity contribution in [2.45, 2.75) is 78.0 Å². The van der Waals surface area contributed by atoms with Crippen molar-refractivity contribution >= 4 is 26.8 Å². The van der Waals surface area contributed by atoms with Crippen molar-refractivity contribution in [3.63, 3.8) is 0 Å². The number of aryl methyl sites for hydroxylation is 2. The monoisotopic (exact) mass is 439 g/mol. The van der Waals surface area contributed by atoms with E-state index in [0.717, 1.165) is 5.66 Å². The summed E-state index contributed by atoms with van der Waals surface area (Å²) in [5, 5.41) is 3.00. The summed E-state index contributed by atoms with van der Waals surface area (Å²) in [6.07, 6.45) is 6.51. The molecule has 3 atom stereocenters. The van der Waals surface area contributed by atoms with Crippen LogP contribution in [-0.4, -0.2) is 22.3 Å². The molecule has 0 saturated carbocycles. The summed E-state index contributed by atoms with van der Waals surface area (Å²) in [5.41, 5.74) is 5.61. The number of nitrogens with zero attached hydrogens (tertiary/aromatic N) is 1. The zero-order valence-electron chi connectivity index (χ0n) is 19.6. The molecule has 1 heterocycles. The highest BCUT2D eigenvalue weighted by Gasteiger charge is 2.42. The van der Waals surface area contributed by atoms with E-state index in [-0.39, 0.29) is 8.07 Å². The molecule has 2 aromatic rings. The van der Waals surface area contributed by atoms with Gasteiger partial charge in [-0.3, -0.25) is 4.44 Å². The van der Waals surface area contributed by atoms with E-state index in [9.17, 15) is 0 Å². The van der Waals surface area contributed by atoms with Crippen LogP contribution in [0.2, 0.25) is 0 Å². The van der Waals surface area contributed by atoms with Gasteiger partial charge in [0.25, 0.3) is 0 Å². The second-order valence-electron chi connectivity index (χ2n) is 8.81. The summed E-state index contributed by atoms with van der Waals surface area (Å²) < 4.78 is 2.99. The van der Waals surface area contributed by atoms with Crippen molar-refractivity contribution < 1.29 is 0 Å². The van der Waals surface area contributed by atoms with E-state index in [1.54, 1.807) is 0 Å². The molecule has 1 nitrogen and oxygen atoms in total. The molecular weight excluding hydrogens is 400 g/mol. The Hall–Kier alpha value is -1.00. The first-order chi connectivity index (χ1) is 14.5. The van der Waals surface area contributed by atoms with Crippen LogP contribution in [0, 0.1) is 13.8 Å². The highest BCUT2D eigenvalue weighted by Crippen LogP contribution is 2.67. The van der Waals surface area contributed by atoms with Gasteiger partial charge in [0.1, 0.15) is 0 Å². The standard InChI is InChI=1S/C27H39NP2/c1-7-9-20-28(30-24(8-2)18-19-27(30)21(3)4)29(25-14-10-22(5)11-15-25)26-16-12-23(6)13-17-26/h10-17,24,27H,3,7-9,18-20H2,1-2,4-6H3/t24-,27+,30?/m1/s1. The second kappa shape index (κ2) is 11.0. The van der Waals surface area contributed by atoms with Crippen LogP contribution >= 0.6 is 16.1 Å². The largest absolute Gasteiger partial charge is 0.252 e. The van der Waals surface area contributed by atoms with Gasteiger partial charge in [0.05, 0.1) is 0 Å². The molecule has 0 N–H and O–H groups in total. The lowest BCUT2D eigenvalue weighted by molar-refractivity contribution is 0.630. The van der Waals surface area contributed by atoms with Crippen molar-refractivity contribution in [2.75, 3.05) is 6.54 Å². The second-order valence-corrected chi connectivity index (χ2v) is 13.9. The molecule has 1 aliphatic rings. The molecule has 1 fully saturated rings. The normalized spacial score (nSPS) is 21.5. The molecular formula is C27H39NP2. The van der Waals surface area contributed by atoms with Gasteiger partial charge in [-0.15, -0.1) is 0 Å². The maximum absolute atomic E-state index is 4.44. The molecule has 0 amide bonds. The Morgan fingerprint density at radius 2 is 1.50 bits per heavy atom. The fourth-order valence-corrected chi connectivity index (χ4v) is 12.0. The molecule has 1 unspecified atom stereocenters. The Bertz CT molecular complexity index is 766. The zero-order valence-corrected chi connectivity index (χ0v) is 21.4. The third-order valence-corrected chi connectivity index (χ3v) is 13.1. The quantitative estimate of drug-likeness (QED) is 0.286. The molecule has 2 aromatic carbocycles. The third kappa shape index (κ3) is 5.43. The van der Waals surface area contributed by atoms with E-state index in [1.165, 1.54) is 66.0 Å². The number of hydrogen-bond acceptors (Lipinski definition) is 1. The maximum Gasteiger partial charge on any atom is 0.0318 e. The van der Waals surface area contributed by atoms with E-state index in [1.807, 2.05) is 0 Å². The summed E-state index contributed by atoms with van der Waals surface area (Å²) in [6.45, 7) is 17.0. The molecule has 3 rings (SSSR count). The fourth-order valence-electron chi connectivity index (χ4n) is 4.49. The number of allylic oxidation sites excluding steroid dienone is 1. The summed E-state index contributed by atoms with van der Waals surface area (Å²) in [7, 11) is -0.750. The lowest BCUT2D eigenvalue weighted by atomic mass is 10.1. The number of unbranched alkanes of at least 4 members (excludes halogenated alkanes) is 1. The van der Waals surface area contributed by atoms with Crippen LogP contribution in [0.3, 0.4) is 0 Å². The van der Waals surface area contributed by atoms with Crippen molar-refractivity contribution in [1.82, 2.24) is 4.44 Å². The average molecular weight is 440 g/mol. The Balaban J connectivity index is 2.12. The first-order valence-corrected chi connectivity index (χ1v) is 14.3. The Labute approximate surface area is 187 Å². The minimum atomic E-state index is -0.524. The molecule has 0 aromatic heterocycles. The van der Waals surface area contributed by atoms with Gasteiger partial charge in [-0.2, -0.15) is 0 Å². The van der Waals surface area contributed by atoms with Crippen LogP contribution in [0.25, 0.3) is 0 Å². The first-order valence-electron chi connectivity index (χ1n) is 11.6. The smallest absolute Gasteiger partial charge is 0.0318 e. The van der Waals surface area contributed by atoms with E-state index in [2.05, 4.69) is 94.2 Å². The van der Waals surface area contributed by atoms with Crippen molar-refractivity contribution in [3.05, 3.63) is 71.8 Å². The molecule has 0 spiro atoms. The van der Waals surface area contributed by atoms with E-state index in [0.29, 0.717) is 5.66 Å². The van der Waals surface area contributed by atoms with Crippen LogP contribution in [0.15, 0.2) is 60.7 Å². The molecule has 1 saturated heterocycles. The minimum Gasteiger partial charge on any atom is -0.252 e. The van der Waals surface area contributed by atoms with Crippen molar-refractivity contribution in [1.29, 1.82) is 0 Å². The van der Waals surface area contributed by atoms with E-state index in [4.69, 9.17) is 0 Å². The van der Waals surface area contributed by atoms with Gasteiger partial charge in [0.15, 0.2) is 0 Å². The van der Waals surface area contributed by atoms with Crippen molar-refractivity contribution in [3.8, 4) is 0 Å². The molecule has 3 heteroatoms. The summed E-state index contributed by atoms with van der Waals surface area (Å²) in [6, 6.07) is 18.8. The van der Waals surface area contributed by atoms with Crippen LogP contribution in [0.4, 0.5) is 0 Å². The SMILES string of the molecule is C=C(C)[C@@H]1CC[C@@H](CC)P1N(CCCC)P(c1ccc(C)cc1)c1ccc(C)cc1. The third-order valence-electron chi connectivity index (χ3n) is 6.27. The Morgan fingerprint density at radius 3 is 1.93 bits per heavy atom. The zero-order chi connectivity index (χ0) is 21.7. The van der Waals surface area contributed by atoms with E-state index < -0.39 is 8.07 Å². The fraction of sp³-hybridized carbons (Fsp3) is 0.481. The van der Waals surface area contributed by atoms with Crippen molar-refractivity contribution in [2.24, 2.45) is 0 Å². The van der Waals surface area contributed by atoms with Crippen LogP contribution in [-0.2, 0) is 0 Å². The van der Waals surface area contributed by atoms with E-state index >= 15 is 0 Å². The van der Waals surface area contributed by atoms with Gasteiger partial charge in [0, 0.05) is 20.3 Å². The van der Waals surface area contributed by atoms with Crippen LogP contribution in [0.5, 0.6) is 0 Å². The van der Waals surface area contributed by atoms with Gasteiger partial charge < -0.3 is 0 Å². The van der Waals surface area contributed by atoms with Gasteiger partial charge >= 0.3 is 0 Å². The lowest BCUT2D eigenvalue weighted by Gasteiger charge is -2.42. The molecule has 162 valence electrons. The van der Waals surface area contributed by atoms with Gasteiger partial charge in [-0.25, -0.2) is 0 Å². The molecule has 30 heavy (non-hydrogen) atoms. The summed E-state index contributed by atoms with van der Waals surface area (Å²) in [5.74, 6) is 0. The average Bonchev–Trinajstić information content (AvgIpc) is 3.17. The predicted octanol–water partition coefficient (Wildman–Crippen LogP) is 7.67. The molecule has 0 radical (unpaired) electrons. The lowest BCUT2D eigenvalue weighted by Crippen LogP contribution is -2.30. The van der Waals surface area contributed by atoms with Gasteiger partial charge in [-0.1, -0.05) is 92.1 Å². The number of hydrogen-bond donors (Lipinski definition) is 0. The minimum absolute atomic E-state index is 0.226. The van der Waals surface area contributed by atoms with Crippen LogP contribution in [0.1, 0.15) is 64.0 Å². The Morgan fingerprint density at radius 1 is 0.967 bits per heavy atom. The number of rotatable bonds is 9. The molecule has 1 aliphatic heterocycles. The predicted molar refractivity (Wildman–Crippen MR) is 139 cm³/mol. The van der Waals surface area contributed by atoms with Gasteiger partial charge in [0.2, 0.25) is 0 Å². The molecule has 0 aliphatic carbocycles. The topological polar surface area (TPSA) is 3.24 Å². The summed E-state index contributed by atoms with van der Waals surface area (Å²) in [4.78, 5) is 0. The Kier molecular flexibility index (Phi) is 8.71. The molecule has 0 bridgehead atoms. The van der Waals surface area contributed by atoms with Gasteiger partial charge in [-0.05, 0) is 70.8 Å². The maximum atomic E-state index is 4.44. The number of benzene rings is 2. The first kappa shape index (κ1) is 23.7.